The van der Waals surface area contributed by atoms with E-state index < -0.39 is 11.4 Å². The van der Waals surface area contributed by atoms with Gasteiger partial charge in [0, 0.05) is 12.6 Å². The van der Waals surface area contributed by atoms with Crippen molar-refractivity contribution in [2.45, 2.75) is 33.1 Å². The van der Waals surface area contributed by atoms with Gasteiger partial charge in [0.15, 0.2) is 0 Å². The second kappa shape index (κ2) is 4.47. The van der Waals surface area contributed by atoms with E-state index >= 15 is 0 Å². The summed E-state index contributed by atoms with van der Waals surface area (Å²) in [6.07, 6.45) is 3.74. The molecule has 0 aliphatic heterocycles. The third-order valence-electron chi connectivity index (χ3n) is 2.79. The van der Waals surface area contributed by atoms with E-state index in [1.54, 1.807) is 0 Å². The lowest BCUT2D eigenvalue weighted by atomic mass is 9.69. The van der Waals surface area contributed by atoms with Gasteiger partial charge in [0.25, 0.3) is 0 Å². The molecule has 0 spiro atoms. The largest absolute Gasteiger partial charge is 0.481 e. The van der Waals surface area contributed by atoms with Crippen LogP contribution in [0.3, 0.4) is 0 Å². The van der Waals surface area contributed by atoms with Crippen molar-refractivity contribution in [1.82, 2.24) is 5.32 Å². The molecule has 15 heavy (non-hydrogen) atoms. The zero-order chi connectivity index (χ0) is 11.5. The highest BCUT2D eigenvalue weighted by molar-refractivity contribution is 5.88. The number of carboxylic acid groups (broad SMARTS) is 1. The van der Waals surface area contributed by atoms with Crippen LogP contribution in [0.2, 0.25) is 0 Å². The zero-order valence-electron chi connectivity index (χ0n) is 9.17. The molecule has 1 amide bonds. The first-order valence-corrected chi connectivity index (χ1v) is 5.12. The van der Waals surface area contributed by atoms with Gasteiger partial charge in [-0.25, -0.2) is 0 Å². The van der Waals surface area contributed by atoms with Crippen molar-refractivity contribution in [3.05, 3.63) is 11.6 Å². The molecule has 0 radical (unpaired) electrons. The maximum absolute atomic E-state index is 11.3. The van der Waals surface area contributed by atoms with Crippen molar-refractivity contribution < 1.29 is 14.7 Å². The van der Waals surface area contributed by atoms with Crippen LogP contribution in [0.25, 0.3) is 0 Å². The van der Waals surface area contributed by atoms with Gasteiger partial charge in [0.2, 0.25) is 5.91 Å². The Balaban J connectivity index is 2.45. The Kier molecular flexibility index (Phi) is 3.50. The molecular weight excluding hydrogens is 194 g/mol. The summed E-state index contributed by atoms with van der Waals surface area (Å²) in [6.45, 7) is 3.90. The van der Waals surface area contributed by atoms with E-state index in [-0.39, 0.29) is 12.5 Å². The quantitative estimate of drug-likeness (QED) is 0.689. The van der Waals surface area contributed by atoms with Crippen molar-refractivity contribution in [2.75, 3.05) is 6.54 Å². The smallest absolute Gasteiger partial charge is 0.311 e. The molecule has 0 aromatic heterocycles. The van der Waals surface area contributed by atoms with E-state index in [9.17, 15) is 9.59 Å². The number of hydrogen-bond donors (Lipinski definition) is 2. The molecule has 1 aliphatic carbocycles. The molecule has 84 valence electrons. The van der Waals surface area contributed by atoms with Crippen molar-refractivity contribution in [3.8, 4) is 0 Å². The number of amides is 1. The Morgan fingerprint density at radius 1 is 1.40 bits per heavy atom. The molecule has 0 aromatic rings. The molecule has 0 atom stereocenters. The molecule has 1 saturated carbocycles. The molecule has 1 fully saturated rings. The van der Waals surface area contributed by atoms with E-state index in [1.165, 1.54) is 6.08 Å². The third kappa shape index (κ3) is 2.81. The number of aliphatic carboxylic acids is 1. The SMILES string of the molecule is CC(C)=CC(=O)NCC1(C(=O)O)CCC1. The molecule has 4 nitrogen and oxygen atoms in total. The molecule has 2 N–H and O–H groups in total. The van der Waals surface area contributed by atoms with Crippen molar-refractivity contribution in [3.63, 3.8) is 0 Å². The van der Waals surface area contributed by atoms with E-state index in [0.29, 0.717) is 12.8 Å². The van der Waals surface area contributed by atoms with Crippen LogP contribution in [0.1, 0.15) is 33.1 Å². The van der Waals surface area contributed by atoms with Gasteiger partial charge in [-0.1, -0.05) is 12.0 Å². The summed E-state index contributed by atoms with van der Waals surface area (Å²) in [6, 6.07) is 0. The predicted molar refractivity (Wildman–Crippen MR) is 56.4 cm³/mol. The Bertz CT molecular complexity index is 299. The second-order valence-electron chi connectivity index (χ2n) is 4.38. The van der Waals surface area contributed by atoms with Crippen molar-refractivity contribution in [2.24, 2.45) is 5.41 Å². The summed E-state index contributed by atoms with van der Waals surface area (Å²) in [5.41, 5.74) is 0.205. The summed E-state index contributed by atoms with van der Waals surface area (Å²) in [4.78, 5) is 22.3. The van der Waals surface area contributed by atoms with Gasteiger partial charge in [0.05, 0.1) is 5.41 Å². The van der Waals surface area contributed by atoms with Gasteiger partial charge in [-0.3, -0.25) is 9.59 Å². The van der Waals surface area contributed by atoms with Crippen LogP contribution in [0.15, 0.2) is 11.6 Å². The van der Waals surface area contributed by atoms with Gasteiger partial charge in [-0.2, -0.15) is 0 Å². The van der Waals surface area contributed by atoms with Crippen LogP contribution in [0, 0.1) is 5.41 Å². The lowest BCUT2D eigenvalue weighted by molar-refractivity contribution is -0.154. The molecule has 0 aromatic carbocycles. The third-order valence-corrected chi connectivity index (χ3v) is 2.79. The van der Waals surface area contributed by atoms with Crippen molar-refractivity contribution in [1.29, 1.82) is 0 Å². The maximum Gasteiger partial charge on any atom is 0.311 e. The molecule has 0 heterocycles. The van der Waals surface area contributed by atoms with Crippen LogP contribution < -0.4 is 5.32 Å². The first-order valence-electron chi connectivity index (χ1n) is 5.12. The highest BCUT2D eigenvalue weighted by Crippen LogP contribution is 2.40. The molecule has 4 heteroatoms. The molecule has 0 unspecified atom stereocenters. The molecule has 1 aliphatic rings. The van der Waals surface area contributed by atoms with Gasteiger partial charge in [0.1, 0.15) is 0 Å². The van der Waals surface area contributed by atoms with Gasteiger partial charge in [-0.05, 0) is 26.7 Å². The molecule has 0 saturated heterocycles. The predicted octanol–water partition coefficient (Wildman–Crippen LogP) is 1.32. The topological polar surface area (TPSA) is 66.4 Å². The first kappa shape index (κ1) is 11.8. The maximum atomic E-state index is 11.3. The normalized spacial score (nSPS) is 17.5. The minimum Gasteiger partial charge on any atom is -0.481 e. The van der Waals surface area contributed by atoms with E-state index in [0.717, 1.165) is 12.0 Å². The fraction of sp³-hybridized carbons (Fsp3) is 0.636. The Labute approximate surface area is 89.4 Å². The van der Waals surface area contributed by atoms with Crippen LogP contribution >= 0.6 is 0 Å². The number of carbonyl (C=O) groups excluding carboxylic acids is 1. The molecule has 0 bridgehead atoms. The van der Waals surface area contributed by atoms with Crippen LogP contribution in [-0.4, -0.2) is 23.5 Å². The summed E-state index contributed by atoms with van der Waals surface area (Å²) < 4.78 is 0. The lowest BCUT2D eigenvalue weighted by Gasteiger charge is -2.37. The van der Waals surface area contributed by atoms with Crippen molar-refractivity contribution >= 4 is 11.9 Å². The van der Waals surface area contributed by atoms with Gasteiger partial charge in [-0.15, -0.1) is 0 Å². The van der Waals surface area contributed by atoms with E-state index in [4.69, 9.17) is 5.11 Å². The van der Waals surface area contributed by atoms with Crippen LogP contribution in [-0.2, 0) is 9.59 Å². The van der Waals surface area contributed by atoms with Gasteiger partial charge >= 0.3 is 5.97 Å². The standard InChI is InChI=1S/C11H17NO3/c1-8(2)6-9(13)12-7-11(10(14)15)4-3-5-11/h6H,3-5,7H2,1-2H3,(H,12,13)(H,14,15). The van der Waals surface area contributed by atoms with E-state index in [1.807, 2.05) is 13.8 Å². The zero-order valence-corrected chi connectivity index (χ0v) is 9.17. The number of carbonyl (C=O) groups is 2. The number of allylic oxidation sites excluding steroid dienone is 1. The summed E-state index contributed by atoms with van der Waals surface area (Å²) >= 11 is 0. The number of rotatable bonds is 4. The summed E-state index contributed by atoms with van der Waals surface area (Å²) in [5, 5.41) is 11.7. The molecular formula is C11H17NO3. The highest BCUT2D eigenvalue weighted by Gasteiger charge is 2.44. The Morgan fingerprint density at radius 2 is 2.00 bits per heavy atom. The first-order chi connectivity index (χ1) is 6.96. The van der Waals surface area contributed by atoms with Crippen LogP contribution in [0.5, 0.6) is 0 Å². The number of hydrogen-bond acceptors (Lipinski definition) is 2. The fourth-order valence-electron chi connectivity index (χ4n) is 1.64. The fourth-order valence-corrected chi connectivity index (χ4v) is 1.64. The van der Waals surface area contributed by atoms with Crippen LogP contribution in [0.4, 0.5) is 0 Å². The number of nitrogens with one attached hydrogen (secondary N) is 1. The Morgan fingerprint density at radius 3 is 2.33 bits per heavy atom. The summed E-state index contributed by atoms with van der Waals surface area (Å²) in [7, 11) is 0. The second-order valence-corrected chi connectivity index (χ2v) is 4.38. The minimum atomic E-state index is -0.800. The monoisotopic (exact) mass is 211 g/mol. The average Bonchev–Trinajstić information content (AvgIpc) is 1.99. The minimum absolute atomic E-state index is 0.206. The Hall–Kier alpha value is -1.32. The highest BCUT2D eigenvalue weighted by atomic mass is 16.4. The lowest BCUT2D eigenvalue weighted by Crippen LogP contribution is -2.47. The number of carboxylic acids is 1. The molecule has 1 rings (SSSR count). The average molecular weight is 211 g/mol. The van der Waals surface area contributed by atoms with E-state index in [2.05, 4.69) is 5.32 Å². The van der Waals surface area contributed by atoms with Gasteiger partial charge < -0.3 is 10.4 Å². The summed E-state index contributed by atoms with van der Waals surface area (Å²) in [5.74, 6) is -1.01.